The van der Waals surface area contributed by atoms with E-state index < -0.39 is 0 Å². The van der Waals surface area contributed by atoms with Gasteiger partial charge in [0.05, 0.1) is 13.2 Å². The Hall–Kier alpha value is -1.92. The van der Waals surface area contributed by atoms with Gasteiger partial charge in [-0.05, 0) is 23.6 Å². The van der Waals surface area contributed by atoms with Crippen LogP contribution in [0.5, 0.6) is 0 Å². The van der Waals surface area contributed by atoms with Crippen molar-refractivity contribution >= 4 is 11.7 Å². The quantitative estimate of drug-likeness (QED) is 0.728. The average Bonchev–Trinajstić information content (AvgIpc) is 2.91. The predicted molar refractivity (Wildman–Crippen MR) is 81.7 cm³/mol. The Morgan fingerprint density at radius 1 is 1.29 bits per heavy atom. The van der Waals surface area contributed by atoms with Crippen LogP contribution >= 0.6 is 0 Å². The third-order valence-corrected chi connectivity index (χ3v) is 3.03. The normalized spacial score (nSPS) is 11.0. The number of nitrogens with one attached hydrogen (secondary N) is 2. The molecule has 1 aromatic carbocycles. The maximum Gasteiger partial charge on any atom is 0.320 e. The second-order valence-corrected chi connectivity index (χ2v) is 5.08. The molecule has 21 heavy (non-hydrogen) atoms. The molecule has 0 aliphatic carbocycles. The van der Waals surface area contributed by atoms with Crippen LogP contribution in [0.25, 0.3) is 0 Å². The van der Waals surface area contributed by atoms with Crippen LogP contribution in [0.1, 0.15) is 31.2 Å². The van der Waals surface area contributed by atoms with E-state index in [1.165, 1.54) is 5.56 Å². The van der Waals surface area contributed by atoms with Crippen molar-refractivity contribution in [2.45, 2.75) is 26.3 Å². The summed E-state index contributed by atoms with van der Waals surface area (Å²) in [5.41, 5.74) is 2.21. The first-order chi connectivity index (χ1) is 10.2. The summed E-state index contributed by atoms with van der Waals surface area (Å²) in [6, 6.07) is 8.59. The number of anilines is 2. The van der Waals surface area contributed by atoms with E-state index >= 15 is 0 Å². The van der Waals surface area contributed by atoms with Crippen LogP contribution in [0.15, 0.2) is 28.7 Å². The third kappa shape index (κ3) is 4.84. The fourth-order valence-electron chi connectivity index (χ4n) is 1.84. The second kappa shape index (κ2) is 7.75. The van der Waals surface area contributed by atoms with E-state index in [9.17, 15) is 0 Å². The highest BCUT2D eigenvalue weighted by atomic mass is 16.5. The fraction of sp³-hybridized carbons (Fsp3) is 0.467. The molecule has 2 aromatic rings. The van der Waals surface area contributed by atoms with E-state index in [-0.39, 0.29) is 0 Å². The first-order valence-electron chi connectivity index (χ1n) is 7.08. The fourth-order valence-corrected chi connectivity index (χ4v) is 1.84. The minimum absolute atomic E-state index is 0.402. The molecule has 6 heteroatoms. The van der Waals surface area contributed by atoms with Crippen LogP contribution in [0.4, 0.5) is 11.7 Å². The van der Waals surface area contributed by atoms with E-state index in [4.69, 9.17) is 9.15 Å². The summed E-state index contributed by atoms with van der Waals surface area (Å²) in [5.74, 6) is 1.03. The van der Waals surface area contributed by atoms with E-state index in [1.54, 1.807) is 7.11 Å². The molecule has 1 heterocycles. The van der Waals surface area contributed by atoms with Gasteiger partial charge >= 0.3 is 6.01 Å². The van der Waals surface area contributed by atoms with Crippen molar-refractivity contribution in [3.05, 3.63) is 35.7 Å². The van der Waals surface area contributed by atoms with Crippen LogP contribution in [-0.4, -0.2) is 30.5 Å². The number of aromatic nitrogens is 2. The third-order valence-electron chi connectivity index (χ3n) is 3.03. The van der Waals surface area contributed by atoms with Gasteiger partial charge in [-0.3, -0.25) is 0 Å². The molecule has 0 saturated carbocycles. The van der Waals surface area contributed by atoms with Gasteiger partial charge in [0.25, 0.3) is 0 Å². The van der Waals surface area contributed by atoms with Gasteiger partial charge in [0, 0.05) is 19.3 Å². The van der Waals surface area contributed by atoms with Gasteiger partial charge in [-0.2, -0.15) is 0 Å². The first kappa shape index (κ1) is 15.5. The molecular formula is C15H22N4O2. The number of hydrogen-bond donors (Lipinski definition) is 2. The Bertz CT molecular complexity index is 554. The maximum absolute atomic E-state index is 5.53. The van der Waals surface area contributed by atoms with Gasteiger partial charge in [0.1, 0.15) is 0 Å². The topological polar surface area (TPSA) is 72.2 Å². The summed E-state index contributed by atoms with van der Waals surface area (Å²) >= 11 is 0. The number of methoxy groups -OCH3 is 1. The van der Waals surface area contributed by atoms with Gasteiger partial charge in [-0.25, -0.2) is 0 Å². The Morgan fingerprint density at radius 3 is 2.90 bits per heavy atom. The standard InChI is InChI=1S/C15H22N4O2/c1-11(2)12-5-4-6-13(9-12)17-15-19-18-14(21-15)10-16-7-8-20-3/h4-6,9,11,16H,7-8,10H2,1-3H3,(H,17,19). The largest absolute Gasteiger partial charge is 0.406 e. The maximum atomic E-state index is 5.53. The van der Waals surface area contributed by atoms with Crippen molar-refractivity contribution < 1.29 is 9.15 Å². The van der Waals surface area contributed by atoms with E-state index in [2.05, 4.69) is 46.8 Å². The Morgan fingerprint density at radius 2 is 2.14 bits per heavy atom. The van der Waals surface area contributed by atoms with Crippen molar-refractivity contribution in [1.82, 2.24) is 15.5 Å². The highest BCUT2D eigenvalue weighted by Crippen LogP contribution is 2.21. The minimum Gasteiger partial charge on any atom is -0.406 e. The molecule has 2 N–H and O–H groups in total. The first-order valence-corrected chi connectivity index (χ1v) is 7.08. The predicted octanol–water partition coefficient (Wildman–Crippen LogP) is 2.67. The number of nitrogens with zero attached hydrogens (tertiary/aromatic N) is 2. The molecule has 2 rings (SSSR count). The number of rotatable bonds is 8. The monoisotopic (exact) mass is 290 g/mol. The molecule has 0 atom stereocenters. The number of ether oxygens (including phenoxy) is 1. The summed E-state index contributed by atoms with van der Waals surface area (Å²) in [6.45, 7) is 6.26. The Labute approximate surface area is 124 Å². The van der Waals surface area contributed by atoms with Gasteiger partial charge < -0.3 is 19.8 Å². The smallest absolute Gasteiger partial charge is 0.320 e. The zero-order valence-electron chi connectivity index (χ0n) is 12.7. The van der Waals surface area contributed by atoms with Crippen molar-refractivity contribution in [1.29, 1.82) is 0 Å². The van der Waals surface area contributed by atoms with Gasteiger partial charge in [0.15, 0.2) is 0 Å². The van der Waals surface area contributed by atoms with Crippen molar-refractivity contribution in [2.75, 3.05) is 25.6 Å². The van der Waals surface area contributed by atoms with Gasteiger partial charge in [-0.15, -0.1) is 5.10 Å². The number of hydrogen-bond acceptors (Lipinski definition) is 6. The van der Waals surface area contributed by atoms with Gasteiger partial charge in [0.2, 0.25) is 5.89 Å². The SMILES string of the molecule is COCCNCc1nnc(Nc2cccc(C(C)C)c2)o1. The summed E-state index contributed by atoms with van der Waals surface area (Å²) < 4.78 is 10.5. The van der Waals surface area contributed by atoms with Gasteiger partial charge in [-0.1, -0.05) is 31.1 Å². The lowest BCUT2D eigenvalue weighted by Crippen LogP contribution is -2.18. The molecule has 0 aliphatic rings. The molecule has 0 bridgehead atoms. The van der Waals surface area contributed by atoms with Crippen LogP contribution in [0.2, 0.25) is 0 Å². The molecule has 0 aliphatic heterocycles. The lowest BCUT2D eigenvalue weighted by atomic mass is 10.0. The zero-order chi connectivity index (χ0) is 15.1. The Kier molecular flexibility index (Phi) is 5.71. The van der Waals surface area contributed by atoms with Crippen molar-refractivity contribution in [3.63, 3.8) is 0 Å². The molecule has 0 fully saturated rings. The zero-order valence-corrected chi connectivity index (χ0v) is 12.7. The van der Waals surface area contributed by atoms with E-state index in [1.807, 2.05) is 12.1 Å². The van der Waals surface area contributed by atoms with Crippen molar-refractivity contribution in [3.8, 4) is 0 Å². The average molecular weight is 290 g/mol. The molecule has 6 nitrogen and oxygen atoms in total. The molecule has 0 amide bonds. The molecule has 0 unspecified atom stereocenters. The molecule has 0 saturated heterocycles. The summed E-state index contributed by atoms with van der Waals surface area (Å²) in [7, 11) is 1.67. The van der Waals surface area contributed by atoms with Crippen molar-refractivity contribution in [2.24, 2.45) is 0 Å². The van der Waals surface area contributed by atoms with Crippen LogP contribution in [0.3, 0.4) is 0 Å². The lowest BCUT2D eigenvalue weighted by molar-refractivity contribution is 0.198. The highest BCUT2D eigenvalue weighted by molar-refractivity contribution is 5.53. The van der Waals surface area contributed by atoms with Crippen LogP contribution in [0, 0.1) is 0 Å². The number of benzene rings is 1. The van der Waals surface area contributed by atoms with Crippen LogP contribution < -0.4 is 10.6 Å². The summed E-state index contributed by atoms with van der Waals surface area (Å²) in [4.78, 5) is 0. The molecule has 1 aromatic heterocycles. The summed E-state index contributed by atoms with van der Waals surface area (Å²) in [5, 5.41) is 14.3. The summed E-state index contributed by atoms with van der Waals surface area (Å²) in [6.07, 6.45) is 0. The van der Waals surface area contributed by atoms with E-state index in [0.29, 0.717) is 31.0 Å². The van der Waals surface area contributed by atoms with Crippen LogP contribution in [-0.2, 0) is 11.3 Å². The highest BCUT2D eigenvalue weighted by Gasteiger charge is 2.07. The second-order valence-electron chi connectivity index (χ2n) is 5.08. The molecule has 0 spiro atoms. The lowest BCUT2D eigenvalue weighted by Gasteiger charge is -2.07. The van der Waals surface area contributed by atoms with E-state index in [0.717, 1.165) is 12.2 Å². The molecule has 0 radical (unpaired) electrons. The minimum atomic E-state index is 0.402. The Balaban J connectivity index is 1.91. The molecule has 114 valence electrons. The molecular weight excluding hydrogens is 268 g/mol.